The molecular formula is C39H76O5. The second-order valence-corrected chi connectivity index (χ2v) is 13.2. The molecule has 0 aliphatic rings. The predicted molar refractivity (Wildman–Crippen MR) is 187 cm³/mol. The third-order valence-corrected chi connectivity index (χ3v) is 8.64. The summed E-state index contributed by atoms with van der Waals surface area (Å²) >= 11 is 0. The summed E-state index contributed by atoms with van der Waals surface area (Å²) in [4.78, 5) is 24.8. The molecule has 1 unspecified atom stereocenters. The normalized spacial score (nSPS) is 12.0. The van der Waals surface area contributed by atoms with Gasteiger partial charge in [-0.1, -0.05) is 181 Å². The average Bonchev–Trinajstić information content (AvgIpc) is 3.02. The molecule has 1 atom stereocenters. The smallest absolute Gasteiger partial charge is 0.306 e. The zero-order chi connectivity index (χ0) is 32.2. The van der Waals surface area contributed by atoms with Gasteiger partial charge in [0.05, 0.1) is 6.61 Å². The molecular weight excluding hydrogens is 548 g/mol. The van der Waals surface area contributed by atoms with Crippen LogP contribution in [0, 0.1) is 0 Å². The first-order chi connectivity index (χ1) is 21.6. The number of rotatable bonds is 36. The van der Waals surface area contributed by atoms with Crippen molar-refractivity contribution in [3.8, 4) is 0 Å². The lowest BCUT2D eigenvalue weighted by atomic mass is 10.0. The fraction of sp³-hybridized carbons (Fsp3) is 0.949. The van der Waals surface area contributed by atoms with Crippen LogP contribution in [0.2, 0.25) is 0 Å². The van der Waals surface area contributed by atoms with Crippen LogP contribution < -0.4 is 0 Å². The number of carbonyl (C=O) groups is 2. The van der Waals surface area contributed by atoms with Gasteiger partial charge in [0.15, 0.2) is 6.10 Å². The highest BCUT2D eigenvalue weighted by molar-refractivity contribution is 5.70. The maximum atomic E-state index is 12.4. The zero-order valence-electron chi connectivity index (χ0n) is 30.0. The Hall–Kier alpha value is -1.10. The third kappa shape index (κ3) is 33.8. The topological polar surface area (TPSA) is 61.8 Å². The van der Waals surface area contributed by atoms with E-state index in [9.17, 15) is 9.59 Å². The Bertz CT molecular complexity index is 593. The van der Waals surface area contributed by atoms with E-state index in [1.165, 1.54) is 141 Å². The van der Waals surface area contributed by atoms with Crippen molar-refractivity contribution in [3.05, 3.63) is 0 Å². The number of hydrogen-bond donors (Lipinski definition) is 0. The molecule has 0 aromatic carbocycles. The monoisotopic (exact) mass is 625 g/mol. The molecule has 0 aromatic rings. The molecule has 44 heavy (non-hydrogen) atoms. The standard InChI is InChI=1S/C39H76O5/c1-4-7-10-13-15-17-18-19-20-21-22-23-24-27-29-32-38(40)43-36-37(44-39(41)33-30-26-12-9-6-3)35-42-34-31-28-25-16-14-11-8-5-2/h37H,4-36H2,1-3H3. The van der Waals surface area contributed by atoms with Crippen LogP contribution in [0.5, 0.6) is 0 Å². The summed E-state index contributed by atoms with van der Waals surface area (Å²) in [6.07, 6.45) is 35.4. The van der Waals surface area contributed by atoms with Crippen LogP contribution in [-0.2, 0) is 23.8 Å². The van der Waals surface area contributed by atoms with E-state index in [1.54, 1.807) is 0 Å². The summed E-state index contributed by atoms with van der Waals surface area (Å²) in [5.74, 6) is -0.399. The van der Waals surface area contributed by atoms with E-state index in [-0.39, 0.29) is 18.5 Å². The van der Waals surface area contributed by atoms with Crippen molar-refractivity contribution in [2.45, 2.75) is 219 Å². The summed E-state index contributed by atoms with van der Waals surface area (Å²) in [5.41, 5.74) is 0. The molecule has 0 bridgehead atoms. The lowest BCUT2D eigenvalue weighted by Gasteiger charge is -2.18. The van der Waals surface area contributed by atoms with Crippen molar-refractivity contribution in [2.75, 3.05) is 19.8 Å². The van der Waals surface area contributed by atoms with Crippen LogP contribution in [0.25, 0.3) is 0 Å². The Morgan fingerprint density at radius 2 is 0.750 bits per heavy atom. The highest BCUT2D eigenvalue weighted by Crippen LogP contribution is 2.14. The Kier molecular flexibility index (Phi) is 35.5. The number of carbonyl (C=O) groups excluding carboxylic acids is 2. The van der Waals surface area contributed by atoms with Gasteiger partial charge in [-0.15, -0.1) is 0 Å². The zero-order valence-corrected chi connectivity index (χ0v) is 30.0. The van der Waals surface area contributed by atoms with Gasteiger partial charge < -0.3 is 14.2 Å². The number of hydrogen-bond acceptors (Lipinski definition) is 5. The van der Waals surface area contributed by atoms with Gasteiger partial charge in [0.1, 0.15) is 6.61 Å². The van der Waals surface area contributed by atoms with Crippen molar-refractivity contribution in [1.29, 1.82) is 0 Å². The highest BCUT2D eigenvalue weighted by atomic mass is 16.6. The summed E-state index contributed by atoms with van der Waals surface area (Å²) in [5, 5.41) is 0. The molecule has 0 aromatic heterocycles. The maximum absolute atomic E-state index is 12.4. The first-order valence-corrected chi connectivity index (χ1v) is 19.6. The number of unbranched alkanes of at least 4 members (excludes halogenated alkanes) is 25. The fourth-order valence-corrected chi connectivity index (χ4v) is 5.69. The molecule has 0 N–H and O–H groups in total. The van der Waals surface area contributed by atoms with Crippen LogP contribution in [0.3, 0.4) is 0 Å². The van der Waals surface area contributed by atoms with Gasteiger partial charge in [-0.3, -0.25) is 9.59 Å². The van der Waals surface area contributed by atoms with Crippen LogP contribution in [0.15, 0.2) is 0 Å². The Labute approximate surface area is 274 Å². The molecule has 0 saturated carbocycles. The molecule has 0 radical (unpaired) electrons. The van der Waals surface area contributed by atoms with Gasteiger partial charge >= 0.3 is 11.9 Å². The van der Waals surface area contributed by atoms with Gasteiger partial charge in [-0.05, 0) is 19.3 Å². The minimum absolute atomic E-state index is 0.0938. The van der Waals surface area contributed by atoms with Gasteiger partial charge in [-0.2, -0.15) is 0 Å². The van der Waals surface area contributed by atoms with Crippen molar-refractivity contribution < 1.29 is 23.8 Å². The van der Waals surface area contributed by atoms with Crippen LogP contribution in [-0.4, -0.2) is 37.9 Å². The van der Waals surface area contributed by atoms with E-state index < -0.39 is 6.10 Å². The quantitative estimate of drug-likeness (QED) is 0.0512. The summed E-state index contributed by atoms with van der Waals surface area (Å²) in [7, 11) is 0. The molecule has 0 fully saturated rings. The van der Waals surface area contributed by atoms with Crippen molar-refractivity contribution in [3.63, 3.8) is 0 Å². The largest absolute Gasteiger partial charge is 0.462 e. The molecule has 0 saturated heterocycles. The fourth-order valence-electron chi connectivity index (χ4n) is 5.69. The predicted octanol–water partition coefficient (Wildman–Crippen LogP) is 12.2. The minimum atomic E-state index is -0.516. The van der Waals surface area contributed by atoms with Crippen LogP contribution in [0.1, 0.15) is 213 Å². The summed E-state index contributed by atoms with van der Waals surface area (Å²) < 4.78 is 17.1. The highest BCUT2D eigenvalue weighted by Gasteiger charge is 2.17. The van der Waals surface area contributed by atoms with E-state index in [1.807, 2.05) is 0 Å². The molecule has 0 aliphatic carbocycles. The van der Waals surface area contributed by atoms with Gasteiger partial charge in [0.2, 0.25) is 0 Å². The van der Waals surface area contributed by atoms with Crippen molar-refractivity contribution in [1.82, 2.24) is 0 Å². The Morgan fingerprint density at radius 1 is 0.409 bits per heavy atom. The SMILES string of the molecule is CCCCCCCCCCCCCCCCCC(=O)OCC(COCCCCCCCCCC)OC(=O)CCCCCCC. The molecule has 5 heteroatoms. The molecule has 0 amide bonds. The van der Waals surface area contributed by atoms with E-state index in [2.05, 4.69) is 20.8 Å². The lowest BCUT2D eigenvalue weighted by molar-refractivity contribution is -0.163. The minimum Gasteiger partial charge on any atom is -0.462 e. The van der Waals surface area contributed by atoms with Crippen molar-refractivity contribution in [2.24, 2.45) is 0 Å². The molecule has 262 valence electrons. The van der Waals surface area contributed by atoms with Gasteiger partial charge in [0.25, 0.3) is 0 Å². The van der Waals surface area contributed by atoms with Crippen LogP contribution in [0.4, 0.5) is 0 Å². The number of ether oxygens (including phenoxy) is 3. The Balaban J connectivity index is 4.00. The van der Waals surface area contributed by atoms with E-state index in [4.69, 9.17) is 14.2 Å². The molecule has 0 rings (SSSR count). The Morgan fingerprint density at radius 3 is 1.16 bits per heavy atom. The second kappa shape index (κ2) is 36.4. The molecule has 5 nitrogen and oxygen atoms in total. The summed E-state index contributed by atoms with van der Waals surface area (Å²) in [6, 6.07) is 0. The lowest BCUT2D eigenvalue weighted by Crippen LogP contribution is -2.30. The average molecular weight is 625 g/mol. The van der Waals surface area contributed by atoms with Crippen molar-refractivity contribution >= 4 is 11.9 Å². The van der Waals surface area contributed by atoms with Gasteiger partial charge in [-0.25, -0.2) is 0 Å². The maximum Gasteiger partial charge on any atom is 0.306 e. The first kappa shape index (κ1) is 42.9. The number of esters is 2. The molecule has 0 heterocycles. The third-order valence-electron chi connectivity index (χ3n) is 8.64. The van der Waals surface area contributed by atoms with Crippen LogP contribution >= 0.6 is 0 Å². The molecule has 0 aliphatic heterocycles. The van der Waals surface area contributed by atoms with E-state index >= 15 is 0 Å². The van der Waals surface area contributed by atoms with Gasteiger partial charge in [0, 0.05) is 19.4 Å². The first-order valence-electron chi connectivity index (χ1n) is 19.6. The second-order valence-electron chi connectivity index (χ2n) is 13.2. The molecule has 0 spiro atoms. The van der Waals surface area contributed by atoms with E-state index in [0.717, 1.165) is 38.5 Å². The summed E-state index contributed by atoms with van der Waals surface area (Å²) in [6.45, 7) is 7.76. The van der Waals surface area contributed by atoms with E-state index in [0.29, 0.717) is 26.1 Å².